The summed E-state index contributed by atoms with van der Waals surface area (Å²) in [5.41, 5.74) is 3.00. The number of nitrogens with zero attached hydrogens (tertiary/aromatic N) is 2. The summed E-state index contributed by atoms with van der Waals surface area (Å²) in [5, 5.41) is 7.18. The van der Waals surface area contributed by atoms with E-state index in [0.717, 1.165) is 11.4 Å². The molecular formula is C23H25N3O4. The molecule has 3 rings (SSSR count). The predicted molar refractivity (Wildman–Crippen MR) is 114 cm³/mol. The van der Waals surface area contributed by atoms with Crippen LogP contribution in [0.25, 0.3) is 5.69 Å². The van der Waals surface area contributed by atoms with E-state index >= 15 is 0 Å². The van der Waals surface area contributed by atoms with E-state index in [2.05, 4.69) is 10.4 Å². The molecule has 2 aromatic carbocycles. The molecule has 30 heavy (non-hydrogen) atoms. The maximum atomic E-state index is 12.7. The first kappa shape index (κ1) is 21.1. The van der Waals surface area contributed by atoms with Crippen molar-refractivity contribution >= 4 is 17.6 Å². The second-order valence-corrected chi connectivity index (χ2v) is 6.79. The highest BCUT2D eigenvalue weighted by Gasteiger charge is 2.25. The average Bonchev–Trinajstić information content (AvgIpc) is 3.04. The molecule has 7 heteroatoms. The zero-order valence-corrected chi connectivity index (χ0v) is 17.5. The molecule has 0 aliphatic carbocycles. The Labute approximate surface area is 175 Å². The third kappa shape index (κ3) is 4.68. The Morgan fingerprint density at radius 3 is 2.37 bits per heavy atom. The van der Waals surface area contributed by atoms with Gasteiger partial charge in [-0.15, -0.1) is 0 Å². The van der Waals surface area contributed by atoms with Gasteiger partial charge >= 0.3 is 5.97 Å². The highest BCUT2D eigenvalue weighted by molar-refractivity contribution is 5.98. The number of ether oxygens (including phenoxy) is 2. The molecule has 7 nitrogen and oxygen atoms in total. The Hall–Kier alpha value is -3.61. The van der Waals surface area contributed by atoms with Crippen LogP contribution in [0, 0.1) is 13.8 Å². The highest BCUT2D eigenvalue weighted by atomic mass is 16.5. The van der Waals surface area contributed by atoms with Crippen LogP contribution in [0.1, 0.15) is 35.6 Å². The smallest absolute Gasteiger partial charge is 0.342 e. The zero-order chi connectivity index (χ0) is 21.7. The van der Waals surface area contributed by atoms with Gasteiger partial charge in [-0.25, -0.2) is 9.48 Å². The number of benzene rings is 2. The number of nitrogens with one attached hydrogen (secondary N) is 1. The maximum Gasteiger partial charge on any atom is 0.342 e. The van der Waals surface area contributed by atoms with Gasteiger partial charge < -0.3 is 14.8 Å². The monoisotopic (exact) mass is 407 g/mol. The molecule has 1 N–H and O–H groups in total. The van der Waals surface area contributed by atoms with Crippen LogP contribution in [0.5, 0.6) is 5.75 Å². The Balaban J connectivity index is 1.68. The van der Waals surface area contributed by atoms with Gasteiger partial charge in [0.05, 0.1) is 23.7 Å². The van der Waals surface area contributed by atoms with Gasteiger partial charge in [0, 0.05) is 5.69 Å². The van der Waals surface area contributed by atoms with E-state index in [9.17, 15) is 9.59 Å². The number of carbonyl (C=O) groups excluding carboxylic acids is 2. The van der Waals surface area contributed by atoms with Crippen molar-refractivity contribution in [1.82, 2.24) is 9.78 Å². The zero-order valence-electron chi connectivity index (χ0n) is 17.5. The Morgan fingerprint density at radius 2 is 1.73 bits per heavy atom. The number of esters is 1. The second-order valence-electron chi connectivity index (χ2n) is 6.79. The minimum Gasteiger partial charge on any atom is -0.494 e. The van der Waals surface area contributed by atoms with Crippen LogP contribution >= 0.6 is 0 Å². The summed E-state index contributed by atoms with van der Waals surface area (Å²) in [7, 11) is 0. The van der Waals surface area contributed by atoms with Gasteiger partial charge in [-0.3, -0.25) is 4.79 Å². The summed E-state index contributed by atoms with van der Waals surface area (Å²) >= 11 is 0. The molecule has 1 heterocycles. The molecule has 156 valence electrons. The Kier molecular flexibility index (Phi) is 6.51. The summed E-state index contributed by atoms with van der Waals surface area (Å²) in [6, 6.07) is 16.5. The van der Waals surface area contributed by atoms with Crippen molar-refractivity contribution in [3.8, 4) is 11.4 Å². The van der Waals surface area contributed by atoms with E-state index in [1.807, 2.05) is 37.3 Å². The van der Waals surface area contributed by atoms with Crippen molar-refractivity contribution in [2.24, 2.45) is 0 Å². The number of hydrogen-bond acceptors (Lipinski definition) is 5. The summed E-state index contributed by atoms with van der Waals surface area (Å²) in [4.78, 5) is 25.2. The largest absolute Gasteiger partial charge is 0.494 e. The maximum absolute atomic E-state index is 12.7. The second kappa shape index (κ2) is 9.26. The molecule has 0 aliphatic rings. The van der Waals surface area contributed by atoms with Gasteiger partial charge in [-0.1, -0.05) is 18.2 Å². The Bertz CT molecular complexity index is 1030. The summed E-state index contributed by atoms with van der Waals surface area (Å²) in [6.45, 7) is 7.55. The molecule has 1 atom stereocenters. The number of anilines is 1. The van der Waals surface area contributed by atoms with Crippen LogP contribution in [0.15, 0.2) is 54.6 Å². The fraction of sp³-hybridized carbons (Fsp3) is 0.261. The van der Waals surface area contributed by atoms with Crippen molar-refractivity contribution < 1.29 is 19.1 Å². The minimum atomic E-state index is -0.969. The lowest BCUT2D eigenvalue weighted by Gasteiger charge is -2.14. The van der Waals surface area contributed by atoms with E-state index in [1.165, 1.54) is 6.92 Å². The lowest BCUT2D eigenvalue weighted by atomic mass is 10.2. The van der Waals surface area contributed by atoms with Gasteiger partial charge in [-0.2, -0.15) is 5.10 Å². The fourth-order valence-electron chi connectivity index (χ4n) is 3.08. The predicted octanol–water partition coefficient (Wildman–Crippen LogP) is 4.07. The van der Waals surface area contributed by atoms with E-state index < -0.39 is 18.0 Å². The van der Waals surface area contributed by atoms with Crippen LogP contribution in [0.3, 0.4) is 0 Å². The number of carbonyl (C=O) groups is 2. The summed E-state index contributed by atoms with van der Waals surface area (Å²) < 4.78 is 12.5. The summed E-state index contributed by atoms with van der Waals surface area (Å²) in [6.07, 6.45) is -0.969. The number of aromatic nitrogens is 2. The SMILES string of the molecule is CCOc1ccc(NC(=O)[C@H](C)OC(=O)c2c(C)nn(-c3ccccc3)c2C)cc1. The molecule has 1 amide bonds. The number of para-hydroxylation sites is 1. The van der Waals surface area contributed by atoms with Crippen molar-refractivity contribution in [3.63, 3.8) is 0 Å². The molecule has 0 unspecified atom stereocenters. The first-order chi connectivity index (χ1) is 14.4. The van der Waals surface area contributed by atoms with Gasteiger partial charge in [0.15, 0.2) is 6.10 Å². The molecule has 1 aromatic heterocycles. The van der Waals surface area contributed by atoms with Crippen molar-refractivity contribution in [2.45, 2.75) is 33.8 Å². The quantitative estimate of drug-likeness (QED) is 0.597. The normalized spacial score (nSPS) is 11.6. The van der Waals surface area contributed by atoms with E-state index in [0.29, 0.717) is 29.2 Å². The molecule has 0 saturated heterocycles. The molecule has 3 aromatic rings. The first-order valence-electron chi connectivity index (χ1n) is 9.77. The van der Waals surface area contributed by atoms with Gasteiger partial charge in [0.25, 0.3) is 5.91 Å². The van der Waals surface area contributed by atoms with Crippen LogP contribution in [-0.2, 0) is 9.53 Å². The summed E-state index contributed by atoms with van der Waals surface area (Å²) in [5.74, 6) is -0.281. The van der Waals surface area contributed by atoms with Gasteiger partial charge in [-0.05, 0) is 64.1 Å². The van der Waals surface area contributed by atoms with E-state index in [-0.39, 0.29) is 0 Å². The number of amides is 1. The number of aryl methyl sites for hydroxylation is 1. The van der Waals surface area contributed by atoms with E-state index in [1.54, 1.807) is 42.8 Å². The molecule has 0 saturated carbocycles. The van der Waals surface area contributed by atoms with Crippen molar-refractivity contribution in [2.75, 3.05) is 11.9 Å². The van der Waals surface area contributed by atoms with Crippen LogP contribution < -0.4 is 10.1 Å². The molecule has 0 radical (unpaired) electrons. The van der Waals surface area contributed by atoms with Gasteiger partial charge in [0.1, 0.15) is 11.3 Å². The lowest BCUT2D eigenvalue weighted by Crippen LogP contribution is -2.30. The highest BCUT2D eigenvalue weighted by Crippen LogP contribution is 2.20. The fourth-order valence-corrected chi connectivity index (χ4v) is 3.08. The molecule has 0 bridgehead atoms. The minimum absolute atomic E-state index is 0.361. The molecular weight excluding hydrogens is 382 g/mol. The first-order valence-corrected chi connectivity index (χ1v) is 9.77. The lowest BCUT2D eigenvalue weighted by molar-refractivity contribution is -0.123. The molecule has 0 aliphatic heterocycles. The van der Waals surface area contributed by atoms with Crippen molar-refractivity contribution in [3.05, 3.63) is 71.5 Å². The van der Waals surface area contributed by atoms with E-state index in [4.69, 9.17) is 9.47 Å². The van der Waals surface area contributed by atoms with Crippen LogP contribution in [0.2, 0.25) is 0 Å². The standard InChI is InChI=1S/C23H25N3O4/c1-5-29-20-13-11-18(12-14-20)24-22(27)17(4)30-23(28)21-15(2)25-26(16(21)3)19-9-7-6-8-10-19/h6-14,17H,5H2,1-4H3,(H,24,27)/t17-/m0/s1. The van der Waals surface area contributed by atoms with Crippen molar-refractivity contribution in [1.29, 1.82) is 0 Å². The van der Waals surface area contributed by atoms with Crippen LogP contribution in [-0.4, -0.2) is 34.4 Å². The number of hydrogen-bond donors (Lipinski definition) is 1. The molecule has 0 fully saturated rings. The Morgan fingerprint density at radius 1 is 1.07 bits per heavy atom. The average molecular weight is 407 g/mol. The van der Waals surface area contributed by atoms with Gasteiger partial charge in [0.2, 0.25) is 0 Å². The third-order valence-corrected chi connectivity index (χ3v) is 4.58. The number of rotatable bonds is 7. The molecule has 0 spiro atoms. The topological polar surface area (TPSA) is 82.4 Å². The van der Waals surface area contributed by atoms with Crippen LogP contribution in [0.4, 0.5) is 5.69 Å². The third-order valence-electron chi connectivity index (χ3n) is 4.58.